The zero-order chi connectivity index (χ0) is 20.7. The van der Waals surface area contributed by atoms with Gasteiger partial charge in [0.05, 0.1) is 22.5 Å². The standard InChI is InChI=1S/C18H13F6N3O/c1-2-12-15(27-9-10(17(19,20)21)7-8-14(27)25-12)16(28)26-13-6-4-3-5-11(13)18(22,23)24/h3-9H,2H2,1H3,(H,26,28). The number of halogens is 6. The lowest BCUT2D eigenvalue weighted by Crippen LogP contribution is -2.19. The maximum Gasteiger partial charge on any atom is 0.418 e. The van der Waals surface area contributed by atoms with E-state index in [2.05, 4.69) is 10.3 Å². The molecule has 4 nitrogen and oxygen atoms in total. The van der Waals surface area contributed by atoms with Crippen LogP contribution in [0.4, 0.5) is 32.0 Å². The molecule has 2 heterocycles. The van der Waals surface area contributed by atoms with E-state index in [-0.39, 0.29) is 23.5 Å². The Morgan fingerprint density at radius 3 is 2.32 bits per heavy atom. The van der Waals surface area contributed by atoms with Gasteiger partial charge in [-0.25, -0.2) is 4.98 Å². The van der Waals surface area contributed by atoms with Crippen LogP contribution >= 0.6 is 0 Å². The summed E-state index contributed by atoms with van der Waals surface area (Å²) in [7, 11) is 0. The summed E-state index contributed by atoms with van der Waals surface area (Å²) in [5.74, 6) is -0.986. The topological polar surface area (TPSA) is 46.4 Å². The number of rotatable bonds is 3. The van der Waals surface area contributed by atoms with Gasteiger partial charge in [-0.2, -0.15) is 26.3 Å². The third-order valence-electron chi connectivity index (χ3n) is 4.05. The van der Waals surface area contributed by atoms with Crippen molar-refractivity contribution >= 4 is 17.2 Å². The Kier molecular flexibility index (Phi) is 4.82. The Bertz CT molecular complexity index is 1040. The van der Waals surface area contributed by atoms with Crippen LogP contribution in [0.15, 0.2) is 42.6 Å². The number of nitrogens with one attached hydrogen (secondary N) is 1. The van der Waals surface area contributed by atoms with Gasteiger partial charge in [-0.3, -0.25) is 9.20 Å². The molecule has 0 spiro atoms. The molecule has 1 N–H and O–H groups in total. The molecule has 3 aromatic rings. The first-order chi connectivity index (χ1) is 13.0. The van der Waals surface area contributed by atoms with Gasteiger partial charge in [-0.1, -0.05) is 19.1 Å². The van der Waals surface area contributed by atoms with E-state index in [0.717, 1.165) is 28.7 Å². The van der Waals surface area contributed by atoms with Crippen molar-refractivity contribution in [3.8, 4) is 0 Å². The largest absolute Gasteiger partial charge is 0.418 e. The number of carbonyl (C=O) groups excluding carboxylic acids is 1. The summed E-state index contributed by atoms with van der Waals surface area (Å²) in [5, 5.41) is 2.14. The average Bonchev–Trinajstić information content (AvgIpc) is 2.98. The number of aryl methyl sites for hydroxylation is 1. The van der Waals surface area contributed by atoms with Gasteiger partial charge >= 0.3 is 12.4 Å². The summed E-state index contributed by atoms with van der Waals surface area (Å²) in [4.78, 5) is 16.8. The number of aromatic nitrogens is 2. The number of pyridine rings is 1. The molecule has 0 bridgehead atoms. The van der Waals surface area contributed by atoms with Crippen molar-refractivity contribution in [1.29, 1.82) is 0 Å². The van der Waals surface area contributed by atoms with Crippen molar-refractivity contribution in [3.63, 3.8) is 0 Å². The predicted molar refractivity (Wildman–Crippen MR) is 89.0 cm³/mol. The number of hydrogen-bond acceptors (Lipinski definition) is 2. The first-order valence-corrected chi connectivity index (χ1v) is 8.08. The van der Waals surface area contributed by atoms with Crippen LogP contribution in [0.2, 0.25) is 0 Å². The van der Waals surface area contributed by atoms with E-state index in [1.807, 2.05) is 0 Å². The summed E-state index contributed by atoms with van der Waals surface area (Å²) in [6.07, 6.45) is -8.46. The Morgan fingerprint density at radius 1 is 1.04 bits per heavy atom. The molecular weight excluding hydrogens is 388 g/mol. The van der Waals surface area contributed by atoms with Gasteiger partial charge < -0.3 is 5.32 Å². The molecule has 10 heteroatoms. The van der Waals surface area contributed by atoms with Gasteiger partial charge in [-0.05, 0) is 30.7 Å². The quantitative estimate of drug-likeness (QED) is 0.615. The van der Waals surface area contributed by atoms with Crippen molar-refractivity contribution in [2.75, 3.05) is 5.32 Å². The smallest absolute Gasteiger partial charge is 0.320 e. The molecule has 0 aliphatic carbocycles. The van der Waals surface area contributed by atoms with E-state index in [1.165, 1.54) is 12.1 Å². The number of fused-ring (bicyclic) bond motifs is 1. The average molecular weight is 401 g/mol. The molecule has 0 atom stereocenters. The number of para-hydroxylation sites is 1. The summed E-state index contributed by atoms with van der Waals surface area (Å²) < 4.78 is 79.4. The maximum atomic E-state index is 13.1. The van der Waals surface area contributed by atoms with E-state index < -0.39 is 35.1 Å². The van der Waals surface area contributed by atoms with E-state index in [4.69, 9.17) is 0 Å². The first kappa shape index (κ1) is 19.7. The zero-order valence-corrected chi connectivity index (χ0v) is 14.3. The number of imidazole rings is 1. The van der Waals surface area contributed by atoms with E-state index >= 15 is 0 Å². The number of amides is 1. The van der Waals surface area contributed by atoms with E-state index in [1.54, 1.807) is 6.92 Å². The van der Waals surface area contributed by atoms with Crippen LogP contribution in [0.3, 0.4) is 0 Å². The van der Waals surface area contributed by atoms with Crippen molar-refractivity contribution in [1.82, 2.24) is 9.38 Å². The monoisotopic (exact) mass is 401 g/mol. The van der Waals surface area contributed by atoms with Gasteiger partial charge in [0.25, 0.3) is 5.91 Å². The molecule has 0 aliphatic rings. The van der Waals surface area contributed by atoms with Crippen LogP contribution in [0.5, 0.6) is 0 Å². The molecule has 0 saturated carbocycles. The number of nitrogens with zero attached hydrogens (tertiary/aromatic N) is 2. The third kappa shape index (κ3) is 3.67. The Hall–Kier alpha value is -3.04. The Labute approximate surface area is 154 Å². The molecule has 0 fully saturated rings. The fourth-order valence-electron chi connectivity index (χ4n) is 2.77. The van der Waals surface area contributed by atoms with Gasteiger partial charge in [-0.15, -0.1) is 0 Å². The van der Waals surface area contributed by atoms with Gasteiger partial charge in [0.1, 0.15) is 11.3 Å². The highest BCUT2D eigenvalue weighted by molar-refractivity contribution is 6.05. The lowest BCUT2D eigenvalue weighted by Gasteiger charge is -2.14. The van der Waals surface area contributed by atoms with Crippen molar-refractivity contribution in [3.05, 3.63) is 65.1 Å². The molecule has 0 radical (unpaired) electrons. The Morgan fingerprint density at radius 2 is 1.71 bits per heavy atom. The van der Waals surface area contributed by atoms with Crippen molar-refractivity contribution < 1.29 is 31.1 Å². The highest BCUT2D eigenvalue weighted by atomic mass is 19.4. The normalized spacial score (nSPS) is 12.4. The second-order valence-electron chi connectivity index (χ2n) is 5.90. The molecule has 28 heavy (non-hydrogen) atoms. The minimum Gasteiger partial charge on any atom is -0.320 e. The van der Waals surface area contributed by atoms with Crippen molar-refractivity contribution in [2.24, 2.45) is 0 Å². The highest BCUT2D eigenvalue weighted by Crippen LogP contribution is 2.35. The van der Waals surface area contributed by atoms with Gasteiger partial charge in [0.15, 0.2) is 0 Å². The fraction of sp³-hybridized carbons (Fsp3) is 0.222. The number of hydrogen-bond donors (Lipinski definition) is 1. The van der Waals surface area contributed by atoms with Gasteiger partial charge in [0.2, 0.25) is 0 Å². The Balaban J connectivity index is 2.09. The molecule has 0 aliphatic heterocycles. The van der Waals surface area contributed by atoms with E-state index in [0.29, 0.717) is 6.20 Å². The summed E-state index contributed by atoms with van der Waals surface area (Å²) in [6, 6.07) is 6.26. The molecule has 2 aromatic heterocycles. The minimum atomic E-state index is -4.71. The second-order valence-corrected chi connectivity index (χ2v) is 5.90. The molecule has 0 saturated heterocycles. The summed E-state index contributed by atoms with van der Waals surface area (Å²) in [5.41, 5.74) is -2.57. The zero-order valence-electron chi connectivity index (χ0n) is 14.3. The van der Waals surface area contributed by atoms with Crippen LogP contribution in [-0.4, -0.2) is 15.3 Å². The number of anilines is 1. The molecular formula is C18H13F6N3O. The predicted octanol–water partition coefficient (Wildman–Crippen LogP) is 5.19. The molecule has 148 valence electrons. The maximum absolute atomic E-state index is 13.1. The fourth-order valence-corrected chi connectivity index (χ4v) is 2.77. The van der Waals surface area contributed by atoms with Crippen LogP contribution in [0.1, 0.15) is 34.2 Å². The molecule has 3 rings (SSSR count). The molecule has 0 unspecified atom stereocenters. The van der Waals surface area contributed by atoms with Crippen LogP contribution in [0, 0.1) is 0 Å². The van der Waals surface area contributed by atoms with Crippen LogP contribution in [-0.2, 0) is 18.8 Å². The van der Waals surface area contributed by atoms with E-state index in [9.17, 15) is 31.1 Å². The molecule has 1 amide bonds. The number of carbonyl (C=O) groups is 1. The van der Waals surface area contributed by atoms with Crippen LogP contribution in [0.25, 0.3) is 5.65 Å². The highest BCUT2D eigenvalue weighted by Gasteiger charge is 2.34. The number of alkyl halides is 6. The second kappa shape index (κ2) is 6.84. The third-order valence-corrected chi connectivity index (χ3v) is 4.05. The minimum absolute atomic E-state index is 0.0825. The summed E-state index contributed by atoms with van der Waals surface area (Å²) in [6.45, 7) is 1.63. The lowest BCUT2D eigenvalue weighted by atomic mass is 10.1. The molecule has 1 aromatic carbocycles. The SMILES string of the molecule is CCc1nc2ccc(C(F)(F)F)cn2c1C(=O)Nc1ccccc1C(F)(F)F. The van der Waals surface area contributed by atoms with Crippen molar-refractivity contribution in [2.45, 2.75) is 25.7 Å². The van der Waals surface area contributed by atoms with Gasteiger partial charge in [0, 0.05) is 6.20 Å². The number of benzene rings is 1. The summed E-state index contributed by atoms with van der Waals surface area (Å²) >= 11 is 0. The lowest BCUT2D eigenvalue weighted by molar-refractivity contribution is -0.138. The van der Waals surface area contributed by atoms with Crippen LogP contribution < -0.4 is 5.32 Å². The first-order valence-electron chi connectivity index (χ1n) is 8.08.